The van der Waals surface area contributed by atoms with Crippen molar-refractivity contribution in [1.82, 2.24) is 0 Å². The van der Waals surface area contributed by atoms with Crippen LogP contribution in [0, 0.1) is 11.8 Å². The average Bonchev–Trinajstić information content (AvgIpc) is 2.59. The fourth-order valence-corrected chi connectivity index (χ4v) is 1.95. The molecule has 1 heterocycles. The molecule has 0 aliphatic carbocycles. The summed E-state index contributed by atoms with van der Waals surface area (Å²) in [5.41, 5.74) is 0. The topological polar surface area (TPSA) is 38.7 Å². The molecule has 1 aliphatic rings. The summed E-state index contributed by atoms with van der Waals surface area (Å²) in [4.78, 5) is 0. The Morgan fingerprint density at radius 3 is 2.79 bits per heavy atom. The summed E-state index contributed by atoms with van der Waals surface area (Å²) >= 11 is 0. The van der Waals surface area contributed by atoms with Gasteiger partial charge in [0, 0.05) is 20.3 Å². The third-order valence-corrected chi connectivity index (χ3v) is 3.14. The smallest absolute Gasteiger partial charge is 0.0862 e. The van der Waals surface area contributed by atoms with Crippen molar-refractivity contribution in [3.05, 3.63) is 0 Å². The number of aliphatic hydroxyl groups excluding tert-OH is 1. The summed E-state index contributed by atoms with van der Waals surface area (Å²) in [7, 11) is 1.69. The highest BCUT2D eigenvalue weighted by molar-refractivity contribution is 4.82. The zero-order chi connectivity index (χ0) is 10.6. The monoisotopic (exact) mass is 202 g/mol. The van der Waals surface area contributed by atoms with E-state index in [2.05, 4.69) is 13.8 Å². The van der Waals surface area contributed by atoms with Crippen molar-refractivity contribution in [2.45, 2.75) is 38.9 Å². The number of hydrogen-bond acceptors (Lipinski definition) is 3. The van der Waals surface area contributed by atoms with E-state index in [1.807, 2.05) is 0 Å². The second kappa shape index (κ2) is 5.69. The lowest BCUT2D eigenvalue weighted by atomic mass is 9.90. The van der Waals surface area contributed by atoms with Crippen LogP contribution in [0.5, 0.6) is 0 Å². The summed E-state index contributed by atoms with van der Waals surface area (Å²) in [5.74, 6) is 0.732. The molecule has 14 heavy (non-hydrogen) atoms. The van der Waals surface area contributed by atoms with E-state index in [-0.39, 0.29) is 18.1 Å². The van der Waals surface area contributed by atoms with E-state index in [0.29, 0.717) is 12.5 Å². The van der Waals surface area contributed by atoms with Gasteiger partial charge in [-0.3, -0.25) is 0 Å². The number of aliphatic hydroxyl groups is 1. The molecule has 0 saturated carbocycles. The first kappa shape index (κ1) is 12.0. The van der Waals surface area contributed by atoms with Gasteiger partial charge in [-0.15, -0.1) is 0 Å². The van der Waals surface area contributed by atoms with E-state index < -0.39 is 0 Å². The van der Waals surface area contributed by atoms with Crippen LogP contribution in [0.1, 0.15) is 26.7 Å². The first-order valence-corrected chi connectivity index (χ1v) is 5.45. The van der Waals surface area contributed by atoms with Gasteiger partial charge in [-0.25, -0.2) is 0 Å². The molecule has 0 radical (unpaired) electrons. The average molecular weight is 202 g/mol. The Kier molecular flexibility index (Phi) is 4.85. The van der Waals surface area contributed by atoms with E-state index >= 15 is 0 Å². The second-order valence-electron chi connectivity index (χ2n) is 4.35. The van der Waals surface area contributed by atoms with Crippen molar-refractivity contribution in [3.8, 4) is 0 Å². The Morgan fingerprint density at radius 2 is 2.29 bits per heavy atom. The van der Waals surface area contributed by atoms with Gasteiger partial charge in [0.05, 0.1) is 12.2 Å². The maximum Gasteiger partial charge on any atom is 0.0862 e. The maximum atomic E-state index is 10.0. The molecular weight excluding hydrogens is 180 g/mol. The van der Waals surface area contributed by atoms with E-state index in [4.69, 9.17) is 9.47 Å². The maximum absolute atomic E-state index is 10.0. The molecule has 1 N–H and O–H groups in total. The first-order valence-electron chi connectivity index (χ1n) is 5.45. The lowest BCUT2D eigenvalue weighted by Gasteiger charge is -2.26. The third-order valence-electron chi connectivity index (χ3n) is 3.14. The van der Waals surface area contributed by atoms with Crippen LogP contribution in [0.2, 0.25) is 0 Å². The molecule has 0 bridgehead atoms. The van der Waals surface area contributed by atoms with Crippen molar-refractivity contribution in [3.63, 3.8) is 0 Å². The quantitative estimate of drug-likeness (QED) is 0.733. The van der Waals surface area contributed by atoms with Gasteiger partial charge in [0.2, 0.25) is 0 Å². The summed E-state index contributed by atoms with van der Waals surface area (Å²) in [6.45, 7) is 5.70. The Bertz CT molecular complexity index is 161. The zero-order valence-corrected chi connectivity index (χ0v) is 9.40. The summed E-state index contributed by atoms with van der Waals surface area (Å²) < 4.78 is 10.5. The molecule has 1 aliphatic heterocycles. The number of methoxy groups -OCH3 is 1. The van der Waals surface area contributed by atoms with Gasteiger partial charge in [0.15, 0.2) is 0 Å². The summed E-state index contributed by atoms with van der Waals surface area (Å²) in [6, 6.07) is 0. The molecule has 3 heteroatoms. The zero-order valence-electron chi connectivity index (χ0n) is 9.40. The van der Waals surface area contributed by atoms with Crippen molar-refractivity contribution < 1.29 is 14.6 Å². The van der Waals surface area contributed by atoms with Gasteiger partial charge in [-0.05, 0) is 24.7 Å². The molecule has 4 atom stereocenters. The van der Waals surface area contributed by atoms with Crippen molar-refractivity contribution >= 4 is 0 Å². The highest BCUT2D eigenvalue weighted by Gasteiger charge is 2.33. The number of ether oxygens (including phenoxy) is 2. The van der Waals surface area contributed by atoms with Crippen LogP contribution in [0.4, 0.5) is 0 Å². The van der Waals surface area contributed by atoms with Crippen LogP contribution in [0.25, 0.3) is 0 Å². The molecule has 0 aromatic heterocycles. The predicted octanol–water partition coefficient (Wildman–Crippen LogP) is 1.44. The standard InChI is InChI=1S/C11H22O3/c1-8(4-6-13-3)10(12)11-9(2)5-7-14-11/h8-12H,4-7H2,1-3H3. The van der Waals surface area contributed by atoms with E-state index in [1.54, 1.807) is 7.11 Å². The normalized spacial score (nSPS) is 31.7. The Hall–Kier alpha value is -0.120. The molecule has 0 spiro atoms. The van der Waals surface area contributed by atoms with Crippen LogP contribution < -0.4 is 0 Å². The molecule has 1 rings (SSSR count). The van der Waals surface area contributed by atoms with E-state index in [1.165, 1.54) is 0 Å². The largest absolute Gasteiger partial charge is 0.390 e. The van der Waals surface area contributed by atoms with Crippen molar-refractivity contribution in [2.24, 2.45) is 11.8 Å². The van der Waals surface area contributed by atoms with Crippen molar-refractivity contribution in [2.75, 3.05) is 20.3 Å². The van der Waals surface area contributed by atoms with Gasteiger partial charge >= 0.3 is 0 Å². The van der Waals surface area contributed by atoms with Crippen LogP contribution in [-0.2, 0) is 9.47 Å². The highest BCUT2D eigenvalue weighted by Crippen LogP contribution is 2.27. The molecule has 4 unspecified atom stereocenters. The van der Waals surface area contributed by atoms with Crippen LogP contribution in [0.15, 0.2) is 0 Å². The van der Waals surface area contributed by atoms with Crippen LogP contribution in [0.3, 0.4) is 0 Å². The molecule has 1 saturated heterocycles. The summed E-state index contributed by atoms with van der Waals surface area (Å²) in [6.07, 6.45) is 1.65. The molecule has 0 aromatic rings. The fraction of sp³-hybridized carbons (Fsp3) is 1.00. The van der Waals surface area contributed by atoms with E-state index in [0.717, 1.165) is 19.4 Å². The van der Waals surface area contributed by atoms with Gasteiger partial charge < -0.3 is 14.6 Å². The van der Waals surface area contributed by atoms with Crippen LogP contribution >= 0.6 is 0 Å². The minimum Gasteiger partial charge on any atom is -0.390 e. The number of rotatable bonds is 5. The molecule has 3 nitrogen and oxygen atoms in total. The second-order valence-corrected chi connectivity index (χ2v) is 4.35. The van der Waals surface area contributed by atoms with Gasteiger partial charge in [0.1, 0.15) is 0 Å². The summed E-state index contributed by atoms with van der Waals surface area (Å²) in [5, 5.41) is 10.0. The Morgan fingerprint density at radius 1 is 1.57 bits per heavy atom. The van der Waals surface area contributed by atoms with Gasteiger partial charge in [-0.1, -0.05) is 13.8 Å². The van der Waals surface area contributed by atoms with Crippen LogP contribution in [-0.4, -0.2) is 37.6 Å². The van der Waals surface area contributed by atoms with Crippen molar-refractivity contribution in [1.29, 1.82) is 0 Å². The first-order chi connectivity index (χ1) is 6.66. The lowest BCUT2D eigenvalue weighted by Crippen LogP contribution is -2.35. The highest BCUT2D eigenvalue weighted by atomic mass is 16.5. The number of hydrogen-bond donors (Lipinski definition) is 1. The Labute approximate surface area is 86.4 Å². The fourth-order valence-electron chi connectivity index (χ4n) is 1.95. The molecule has 0 amide bonds. The predicted molar refractivity (Wildman–Crippen MR) is 55.2 cm³/mol. The Balaban J connectivity index is 2.34. The lowest BCUT2D eigenvalue weighted by molar-refractivity contribution is -0.0468. The molecule has 0 aromatic carbocycles. The van der Waals surface area contributed by atoms with E-state index in [9.17, 15) is 5.11 Å². The van der Waals surface area contributed by atoms with Gasteiger partial charge in [0.25, 0.3) is 0 Å². The minimum atomic E-state index is -0.345. The molecule has 84 valence electrons. The SMILES string of the molecule is COCCC(C)C(O)C1OCCC1C. The minimum absolute atomic E-state index is 0.0295. The molecule has 1 fully saturated rings. The van der Waals surface area contributed by atoms with Gasteiger partial charge in [-0.2, -0.15) is 0 Å². The third kappa shape index (κ3) is 2.94. The molecular formula is C11H22O3.